The summed E-state index contributed by atoms with van der Waals surface area (Å²) in [6.07, 6.45) is 0.644. The van der Waals surface area contributed by atoms with Crippen LogP contribution in [0.3, 0.4) is 0 Å². The van der Waals surface area contributed by atoms with E-state index in [-0.39, 0.29) is 12.1 Å². The van der Waals surface area contributed by atoms with Gasteiger partial charge in [-0.25, -0.2) is 13.1 Å². The van der Waals surface area contributed by atoms with Crippen molar-refractivity contribution >= 4 is 10.0 Å². The molecule has 0 radical (unpaired) electrons. The van der Waals surface area contributed by atoms with Crippen LogP contribution in [0.2, 0.25) is 0 Å². The number of hydrogen-bond donors (Lipinski definition) is 2. The first-order chi connectivity index (χ1) is 9.90. The van der Waals surface area contributed by atoms with Gasteiger partial charge in [-0.3, -0.25) is 0 Å². The van der Waals surface area contributed by atoms with Crippen molar-refractivity contribution in [1.82, 2.24) is 10.0 Å². The minimum atomic E-state index is -3.47. The van der Waals surface area contributed by atoms with E-state index in [1.807, 2.05) is 26.0 Å². The molecule has 5 nitrogen and oxygen atoms in total. The summed E-state index contributed by atoms with van der Waals surface area (Å²) in [6.45, 7) is 7.33. The predicted octanol–water partition coefficient (Wildman–Crippen LogP) is 2.06. The predicted molar refractivity (Wildman–Crippen MR) is 84.8 cm³/mol. The Kier molecular flexibility index (Phi) is 7.31. The van der Waals surface area contributed by atoms with Crippen molar-refractivity contribution in [1.29, 1.82) is 0 Å². The van der Waals surface area contributed by atoms with Crippen molar-refractivity contribution in [3.8, 4) is 0 Å². The van der Waals surface area contributed by atoms with Crippen molar-refractivity contribution in [2.24, 2.45) is 0 Å². The second-order valence-electron chi connectivity index (χ2n) is 5.15. The fourth-order valence-electron chi connectivity index (χ4n) is 2.05. The van der Waals surface area contributed by atoms with Gasteiger partial charge >= 0.3 is 0 Å². The molecule has 0 aromatic heterocycles. The fraction of sp³-hybridized carbons (Fsp3) is 0.600. The smallest absolute Gasteiger partial charge is 0.240 e. The van der Waals surface area contributed by atoms with Crippen molar-refractivity contribution in [3.05, 3.63) is 29.8 Å². The van der Waals surface area contributed by atoms with Gasteiger partial charge < -0.3 is 10.1 Å². The molecule has 120 valence electrons. The zero-order valence-electron chi connectivity index (χ0n) is 13.2. The average Bonchev–Trinajstić information content (AvgIpc) is 2.45. The van der Waals surface area contributed by atoms with Crippen LogP contribution in [0.4, 0.5) is 0 Å². The second-order valence-corrected chi connectivity index (χ2v) is 6.87. The van der Waals surface area contributed by atoms with Crippen LogP contribution in [0, 0.1) is 0 Å². The summed E-state index contributed by atoms with van der Waals surface area (Å²) >= 11 is 0. The summed E-state index contributed by atoms with van der Waals surface area (Å²) in [5.74, 6) is 0. The van der Waals surface area contributed by atoms with E-state index in [4.69, 9.17) is 4.74 Å². The molecular weight excluding hydrogens is 288 g/mol. The molecule has 0 aliphatic rings. The molecule has 0 heterocycles. The van der Waals surface area contributed by atoms with Crippen LogP contribution in [-0.2, 0) is 14.8 Å². The highest BCUT2D eigenvalue weighted by atomic mass is 32.2. The van der Waals surface area contributed by atoms with Gasteiger partial charge in [0, 0.05) is 25.8 Å². The highest BCUT2D eigenvalue weighted by Gasteiger charge is 2.17. The standard InChI is InChI=1S/C15H26N2O3S/c1-5-16-13(3)14-6-8-15(9-7-14)21(18,19)17-12(2)10-11-20-4/h6-9,12-13,16-17H,5,10-11H2,1-4H3. The lowest BCUT2D eigenvalue weighted by molar-refractivity contribution is 0.188. The lowest BCUT2D eigenvalue weighted by Gasteiger charge is -2.15. The van der Waals surface area contributed by atoms with E-state index in [2.05, 4.69) is 17.0 Å². The number of rotatable bonds is 9. The molecule has 0 bridgehead atoms. The number of sulfonamides is 1. The molecule has 2 unspecified atom stereocenters. The Morgan fingerprint density at radius 1 is 1.19 bits per heavy atom. The highest BCUT2D eigenvalue weighted by molar-refractivity contribution is 7.89. The SMILES string of the molecule is CCNC(C)c1ccc(S(=O)(=O)NC(C)CCOC)cc1. The van der Waals surface area contributed by atoms with Crippen molar-refractivity contribution in [2.45, 2.75) is 44.2 Å². The van der Waals surface area contributed by atoms with Gasteiger partial charge in [-0.05, 0) is 44.5 Å². The normalized spacial score (nSPS) is 14.9. The van der Waals surface area contributed by atoms with E-state index < -0.39 is 10.0 Å². The third kappa shape index (κ3) is 5.74. The summed E-state index contributed by atoms with van der Waals surface area (Å²) in [4.78, 5) is 0.291. The molecule has 21 heavy (non-hydrogen) atoms. The summed E-state index contributed by atoms with van der Waals surface area (Å²) in [5, 5.41) is 3.30. The summed E-state index contributed by atoms with van der Waals surface area (Å²) < 4.78 is 32.1. The average molecular weight is 314 g/mol. The first-order valence-corrected chi connectivity index (χ1v) is 8.73. The van der Waals surface area contributed by atoms with Gasteiger partial charge in [-0.2, -0.15) is 0 Å². The number of nitrogens with one attached hydrogen (secondary N) is 2. The van der Waals surface area contributed by atoms with Gasteiger partial charge in [0.25, 0.3) is 0 Å². The Bertz CT molecular complexity index is 514. The summed E-state index contributed by atoms with van der Waals surface area (Å²) in [5.41, 5.74) is 1.07. The van der Waals surface area contributed by atoms with Crippen molar-refractivity contribution in [3.63, 3.8) is 0 Å². The number of ether oxygens (including phenoxy) is 1. The van der Waals surface area contributed by atoms with E-state index in [0.29, 0.717) is 17.9 Å². The maximum atomic E-state index is 12.2. The number of hydrogen-bond acceptors (Lipinski definition) is 4. The Morgan fingerprint density at radius 2 is 1.81 bits per heavy atom. The van der Waals surface area contributed by atoms with Gasteiger partial charge in [-0.1, -0.05) is 19.1 Å². The topological polar surface area (TPSA) is 67.4 Å². The van der Waals surface area contributed by atoms with Gasteiger partial charge in [0.2, 0.25) is 10.0 Å². The Balaban J connectivity index is 2.75. The van der Waals surface area contributed by atoms with Crippen LogP contribution in [0.5, 0.6) is 0 Å². The van der Waals surface area contributed by atoms with Crippen LogP contribution >= 0.6 is 0 Å². The van der Waals surface area contributed by atoms with Gasteiger partial charge in [0.1, 0.15) is 0 Å². The monoisotopic (exact) mass is 314 g/mol. The van der Waals surface area contributed by atoms with E-state index in [1.165, 1.54) is 0 Å². The van der Waals surface area contributed by atoms with E-state index in [1.54, 1.807) is 19.2 Å². The van der Waals surface area contributed by atoms with Crippen molar-refractivity contribution in [2.75, 3.05) is 20.3 Å². The number of benzene rings is 1. The molecular formula is C15H26N2O3S. The van der Waals surface area contributed by atoms with E-state index >= 15 is 0 Å². The molecule has 2 atom stereocenters. The molecule has 6 heteroatoms. The quantitative estimate of drug-likeness (QED) is 0.732. The Hall–Kier alpha value is -0.950. The zero-order valence-corrected chi connectivity index (χ0v) is 14.0. The largest absolute Gasteiger partial charge is 0.385 e. The Morgan fingerprint density at radius 3 is 2.33 bits per heavy atom. The lowest BCUT2D eigenvalue weighted by atomic mass is 10.1. The molecule has 1 aromatic carbocycles. The summed E-state index contributed by atoms with van der Waals surface area (Å²) in [6, 6.07) is 7.04. The minimum Gasteiger partial charge on any atom is -0.385 e. The maximum Gasteiger partial charge on any atom is 0.240 e. The summed E-state index contributed by atoms with van der Waals surface area (Å²) in [7, 11) is -1.87. The minimum absolute atomic E-state index is 0.157. The molecule has 1 rings (SSSR count). The number of methoxy groups -OCH3 is 1. The molecule has 0 aliphatic heterocycles. The van der Waals surface area contributed by atoms with Gasteiger partial charge in [-0.15, -0.1) is 0 Å². The van der Waals surface area contributed by atoms with Crippen LogP contribution in [0.1, 0.15) is 38.8 Å². The second kappa shape index (κ2) is 8.48. The van der Waals surface area contributed by atoms with E-state index in [0.717, 1.165) is 12.1 Å². The van der Waals surface area contributed by atoms with Crippen LogP contribution in [-0.4, -0.2) is 34.7 Å². The van der Waals surface area contributed by atoms with Gasteiger partial charge in [0.05, 0.1) is 4.90 Å². The molecule has 2 N–H and O–H groups in total. The van der Waals surface area contributed by atoms with Gasteiger partial charge in [0.15, 0.2) is 0 Å². The molecule has 1 aromatic rings. The first-order valence-electron chi connectivity index (χ1n) is 7.25. The first kappa shape index (κ1) is 18.1. The van der Waals surface area contributed by atoms with Crippen molar-refractivity contribution < 1.29 is 13.2 Å². The fourth-order valence-corrected chi connectivity index (χ4v) is 3.32. The lowest BCUT2D eigenvalue weighted by Crippen LogP contribution is -2.33. The van der Waals surface area contributed by atoms with Crippen LogP contribution in [0.15, 0.2) is 29.2 Å². The molecule has 0 saturated carbocycles. The highest BCUT2D eigenvalue weighted by Crippen LogP contribution is 2.16. The molecule has 0 aliphatic carbocycles. The molecule has 0 fully saturated rings. The molecule has 0 saturated heterocycles. The maximum absolute atomic E-state index is 12.2. The third-order valence-electron chi connectivity index (χ3n) is 3.31. The Labute approximate surface area is 128 Å². The molecule has 0 spiro atoms. The zero-order chi connectivity index (χ0) is 15.9. The third-order valence-corrected chi connectivity index (χ3v) is 4.92. The molecule has 0 amide bonds. The van der Waals surface area contributed by atoms with E-state index in [9.17, 15) is 8.42 Å². The van der Waals surface area contributed by atoms with Crippen LogP contribution in [0.25, 0.3) is 0 Å². The van der Waals surface area contributed by atoms with Crippen LogP contribution < -0.4 is 10.0 Å².